The lowest BCUT2D eigenvalue weighted by atomic mass is 9.85. The number of aromatic nitrogens is 2. The van der Waals surface area contributed by atoms with Crippen molar-refractivity contribution in [2.24, 2.45) is 0 Å². The molecule has 1 saturated carbocycles. The van der Waals surface area contributed by atoms with Gasteiger partial charge in [-0.05, 0) is 28.8 Å². The molecule has 0 aliphatic heterocycles. The molecule has 68 valence electrons. The maximum absolute atomic E-state index is 10.6. The Morgan fingerprint density at radius 2 is 2.31 bits per heavy atom. The molecule has 0 spiro atoms. The summed E-state index contributed by atoms with van der Waals surface area (Å²) >= 11 is 3.22. The van der Waals surface area contributed by atoms with Crippen LogP contribution >= 0.6 is 15.9 Å². The molecular formula is C9H9BrN2O. The van der Waals surface area contributed by atoms with Crippen LogP contribution in [-0.4, -0.2) is 16.3 Å². The quantitative estimate of drug-likeness (QED) is 0.746. The lowest BCUT2D eigenvalue weighted by molar-refractivity contribution is 0.111. The molecule has 1 heterocycles. The molecule has 13 heavy (non-hydrogen) atoms. The van der Waals surface area contributed by atoms with E-state index in [0.717, 1.165) is 25.0 Å². The van der Waals surface area contributed by atoms with Crippen molar-refractivity contribution in [2.45, 2.75) is 25.2 Å². The van der Waals surface area contributed by atoms with Gasteiger partial charge in [0.15, 0.2) is 6.29 Å². The second kappa shape index (κ2) is 3.54. The van der Waals surface area contributed by atoms with E-state index in [4.69, 9.17) is 0 Å². The average Bonchev–Trinajstić information content (AvgIpc) is 2.05. The number of nitrogens with zero attached hydrogens (tertiary/aromatic N) is 2. The predicted molar refractivity (Wildman–Crippen MR) is 51.7 cm³/mol. The van der Waals surface area contributed by atoms with Crippen LogP contribution in [0, 0.1) is 0 Å². The van der Waals surface area contributed by atoms with Gasteiger partial charge in [-0.15, -0.1) is 0 Å². The number of rotatable bonds is 2. The molecule has 0 amide bonds. The van der Waals surface area contributed by atoms with E-state index < -0.39 is 0 Å². The zero-order chi connectivity index (χ0) is 9.26. The molecule has 1 aliphatic rings. The normalized spacial score (nSPS) is 16.7. The van der Waals surface area contributed by atoms with Gasteiger partial charge in [0.05, 0.1) is 4.47 Å². The standard InChI is InChI=1S/C9H9BrN2O/c10-7-4-11-9(6-2-1-3-6)12-8(7)5-13/h4-6H,1-3H2. The smallest absolute Gasteiger partial charge is 0.169 e. The van der Waals surface area contributed by atoms with E-state index >= 15 is 0 Å². The maximum atomic E-state index is 10.6. The second-order valence-electron chi connectivity index (χ2n) is 3.21. The molecule has 0 aromatic carbocycles. The van der Waals surface area contributed by atoms with Crippen molar-refractivity contribution in [1.82, 2.24) is 9.97 Å². The Morgan fingerprint density at radius 1 is 1.54 bits per heavy atom. The molecule has 0 N–H and O–H groups in total. The Bertz CT molecular complexity index is 336. The first-order valence-electron chi connectivity index (χ1n) is 4.29. The maximum Gasteiger partial charge on any atom is 0.169 e. The lowest BCUT2D eigenvalue weighted by Gasteiger charge is -2.23. The molecule has 4 heteroatoms. The predicted octanol–water partition coefficient (Wildman–Crippen LogP) is 2.32. The third-order valence-corrected chi connectivity index (χ3v) is 2.98. The van der Waals surface area contributed by atoms with Crippen LogP contribution in [0.5, 0.6) is 0 Å². The Labute approximate surface area is 84.7 Å². The molecule has 0 unspecified atom stereocenters. The molecule has 2 rings (SSSR count). The highest BCUT2D eigenvalue weighted by atomic mass is 79.9. The summed E-state index contributed by atoms with van der Waals surface area (Å²) in [6.45, 7) is 0. The summed E-state index contributed by atoms with van der Waals surface area (Å²) in [5, 5.41) is 0. The van der Waals surface area contributed by atoms with Gasteiger partial charge in [-0.25, -0.2) is 9.97 Å². The zero-order valence-corrected chi connectivity index (χ0v) is 8.62. The van der Waals surface area contributed by atoms with Crippen LogP contribution in [-0.2, 0) is 0 Å². The third kappa shape index (κ3) is 1.63. The van der Waals surface area contributed by atoms with Gasteiger partial charge < -0.3 is 0 Å². The van der Waals surface area contributed by atoms with Crippen molar-refractivity contribution >= 4 is 22.2 Å². The van der Waals surface area contributed by atoms with Crippen LogP contribution in [0.15, 0.2) is 10.7 Å². The molecule has 0 radical (unpaired) electrons. The fourth-order valence-corrected chi connectivity index (χ4v) is 1.62. The van der Waals surface area contributed by atoms with Crippen LogP contribution in [0.2, 0.25) is 0 Å². The zero-order valence-electron chi connectivity index (χ0n) is 7.03. The molecule has 0 saturated heterocycles. The SMILES string of the molecule is O=Cc1nc(C2CCC2)ncc1Br. The van der Waals surface area contributed by atoms with E-state index in [1.807, 2.05) is 0 Å². The van der Waals surface area contributed by atoms with Crippen LogP contribution in [0.1, 0.15) is 41.5 Å². The van der Waals surface area contributed by atoms with Gasteiger partial charge in [-0.2, -0.15) is 0 Å². The van der Waals surface area contributed by atoms with Crippen molar-refractivity contribution in [3.05, 3.63) is 22.2 Å². The fourth-order valence-electron chi connectivity index (χ4n) is 1.34. The van der Waals surface area contributed by atoms with Crippen molar-refractivity contribution in [1.29, 1.82) is 0 Å². The van der Waals surface area contributed by atoms with Crippen LogP contribution in [0.3, 0.4) is 0 Å². The highest BCUT2D eigenvalue weighted by molar-refractivity contribution is 9.10. The van der Waals surface area contributed by atoms with Gasteiger partial charge in [0, 0.05) is 12.1 Å². The molecule has 1 aromatic rings. The van der Waals surface area contributed by atoms with Gasteiger partial charge >= 0.3 is 0 Å². The Hall–Kier alpha value is -0.770. The van der Waals surface area contributed by atoms with Gasteiger partial charge in [0.25, 0.3) is 0 Å². The largest absolute Gasteiger partial charge is 0.296 e. The first-order valence-corrected chi connectivity index (χ1v) is 5.08. The molecular weight excluding hydrogens is 232 g/mol. The Balaban J connectivity index is 2.31. The Kier molecular flexibility index (Phi) is 2.40. The summed E-state index contributed by atoms with van der Waals surface area (Å²) < 4.78 is 0.672. The minimum atomic E-state index is 0.455. The molecule has 1 aliphatic carbocycles. The van der Waals surface area contributed by atoms with Crippen LogP contribution in [0.4, 0.5) is 0 Å². The van der Waals surface area contributed by atoms with Crippen molar-refractivity contribution in [3.8, 4) is 0 Å². The monoisotopic (exact) mass is 240 g/mol. The first-order chi connectivity index (χ1) is 6.31. The minimum Gasteiger partial charge on any atom is -0.296 e. The number of carbonyl (C=O) groups is 1. The molecule has 1 aromatic heterocycles. The van der Waals surface area contributed by atoms with Crippen LogP contribution in [0.25, 0.3) is 0 Å². The average molecular weight is 241 g/mol. The number of hydrogen-bond donors (Lipinski definition) is 0. The summed E-state index contributed by atoms with van der Waals surface area (Å²) in [5.74, 6) is 1.29. The van der Waals surface area contributed by atoms with E-state index in [2.05, 4.69) is 25.9 Å². The van der Waals surface area contributed by atoms with Gasteiger partial charge in [0.1, 0.15) is 11.5 Å². The molecule has 3 nitrogen and oxygen atoms in total. The van der Waals surface area contributed by atoms with E-state index in [9.17, 15) is 4.79 Å². The number of aldehydes is 1. The highest BCUT2D eigenvalue weighted by Gasteiger charge is 2.22. The Morgan fingerprint density at radius 3 is 2.85 bits per heavy atom. The van der Waals surface area contributed by atoms with Gasteiger partial charge in [-0.3, -0.25) is 4.79 Å². The molecule has 1 fully saturated rings. The fraction of sp³-hybridized carbons (Fsp3) is 0.444. The van der Waals surface area contributed by atoms with Crippen molar-refractivity contribution in [2.75, 3.05) is 0 Å². The first kappa shape index (κ1) is 8.81. The van der Waals surface area contributed by atoms with Crippen molar-refractivity contribution in [3.63, 3.8) is 0 Å². The number of hydrogen-bond acceptors (Lipinski definition) is 3. The summed E-state index contributed by atoms with van der Waals surface area (Å²) in [4.78, 5) is 19.0. The highest BCUT2D eigenvalue weighted by Crippen LogP contribution is 2.34. The second-order valence-corrected chi connectivity index (χ2v) is 4.06. The molecule has 0 bridgehead atoms. The van der Waals surface area contributed by atoms with E-state index in [1.54, 1.807) is 6.20 Å². The summed E-state index contributed by atoms with van der Waals surface area (Å²) in [7, 11) is 0. The topological polar surface area (TPSA) is 42.9 Å². The third-order valence-electron chi connectivity index (χ3n) is 2.37. The van der Waals surface area contributed by atoms with E-state index in [-0.39, 0.29) is 0 Å². The molecule has 0 atom stereocenters. The van der Waals surface area contributed by atoms with Gasteiger partial charge in [0.2, 0.25) is 0 Å². The lowest BCUT2D eigenvalue weighted by Crippen LogP contribution is -2.13. The van der Waals surface area contributed by atoms with Gasteiger partial charge in [-0.1, -0.05) is 6.42 Å². The summed E-state index contributed by atoms with van der Waals surface area (Å²) in [5.41, 5.74) is 0.455. The van der Waals surface area contributed by atoms with Crippen molar-refractivity contribution < 1.29 is 4.79 Å². The van der Waals surface area contributed by atoms with E-state index in [0.29, 0.717) is 16.1 Å². The summed E-state index contributed by atoms with van der Waals surface area (Å²) in [6.07, 6.45) is 5.97. The minimum absolute atomic E-state index is 0.455. The number of carbonyl (C=O) groups excluding carboxylic acids is 1. The van der Waals surface area contributed by atoms with Crippen LogP contribution < -0.4 is 0 Å². The summed E-state index contributed by atoms with van der Waals surface area (Å²) in [6, 6.07) is 0. The van der Waals surface area contributed by atoms with E-state index in [1.165, 1.54) is 6.42 Å². The number of halogens is 1.